The fraction of sp³-hybridized carbons (Fsp3) is 0.393. The monoisotopic (exact) mass is 490 g/mol. The molecule has 1 aliphatic heterocycles. The Hall–Kier alpha value is -3.65. The van der Waals surface area contributed by atoms with E-state index in [1.165, 1.54) is 19.8 Å². The van der Waals surface area contributed by atoms with Crippen molar-refractivity contribution in [2.75, 3.05) is 40.4 Å². The molecule has 3 aromatic rings. The van der Waals surface area contributed by atoms with Gasteiger partial charge in [-0.1, -0.05) is 38.1 Å². The highest BCUT2D eigenvalue weighted by Gasteiger charge is 2.31. The minimum Gasteiger partial charge on any atom is -0.497 e. The van der Waals surface area contributed by atoms with E-state index in [2.05, 4.69) is 39.5 Å². The summed E-state index contributed by atoms with van der Waals surface area (Å²) in [7, 11) is 3.07. The molecule has 1 fully saturated rings. The van der Waals surface area contributed by atoms with Gasteiger partial charge in [0, 0.05) is 55.9 Å². The van der Waals surface area contributed by atoms with Crippen molar-refractivity contribution >= 4 is 22.7 Å². The molecular formula is C28H34N4O4. The number of nitrogens with zero attached hydrogens (tertiary/aromatic N) is 3. The lowest BCUT2D eigenvalue weighted by atomic mass is 10.0. The lowest BCUT2D eigenvalue weighted by Crippen LogP contribution is -2.56. The van der Waals surface area contributed by atoms with Crippen LogP contribution in [-0.4, -0.2) is 73.0 Å². The lowest BCUT2D eigenvalue weighted by Gasteiger charge is -2.37. The Bertz CT molecular complexity index is 1190. The van der Waals surface area contributed by atoms with Gasteiger partial charge in [-0.05, 0) is 29.7 Å². The number of amides is 2. The minimum atomic E-state index is -0.622. The summed E-state index contributed by atoms with van der Waals surface area (Å²) >= 11 is 0. The second-order valence-electron chi connectivity index (χ2n) is 9.39. The van der Waals surface area contributed by atoms with E-state index in [0.717, 1.165) is 30.5 Å². The van der Waals surface area contributed by atoms with E-state index >= 15 is 0 Å². The molecule has 8 nitrogen and oxygen atoms in total. The molecule has 1 unspecified atom stereocenters. The number of ether oxygens (including phenoxy) is 2. The summed E-state index contributed by atoms with van der Waals surface area (Å²) in [6, 6.07) is 14.6. The van der Waals surface area contributed by atoms with Crippen LogP contribution in [-0.2, 0) is 11.3 Å². The highest BCUT2D eigenvalue weighted by atomic mass is 16.5. The first-order chi connectivity index (χ1) is 17.4. The average molecular weight is 491 g/mol. The molecular weight excluding hydrogens is 456 g/mol. The third kappa shape index (κ3) is 5.76. The van der Waals surface area contributed by atoms with Crippen LogP contribution in [0.1, 0.15) is 29.8 Å². The van der Waals surface area contributed by atoms with Crippen molar-refractivity contribution in [3.63, 3.8) is 0 Å². The summed E-state index contributed by atoms with van der Waals surface area (Å²) in [6.07, 6.45) is 1.82. The molecule has 1 N–H and O–H groups in total. The fourth-order valence-corrected chi connectivity index (χ4v) is 4.54. The molecule has 4 rings (SSSR count). The van der Waals surface area contributed by atoms with Crippen molar-refractivity contribution in [1.29, 1.82) is 0 Å². The van der Waals surface area contributed by atoms with E-state index in [9.17, 15) is 9.59 Å². The van der Waals surface area contributed by atoms with Gasteiger partial charge in [-0.15, -0.1) is 0 Å². The van der Waals surface area contributed by atoms with Gasteiger partial charge in [0.1, 0.15) is 17.5 Å². The molecule has 36 heavy (non-hydrogen) atoms. The zero-order valence-electron chi connectivity index (χ0n) is 21.4. The number of aromatic nitrogens is 1. The van der Waals surface area contributed by atoms with Crippen LogP contribution in [0.2, 0.25) is 0 Å². The molecule has 0 saturated carbocycles. The smallest absolute Gasteiger partial charge is 0.252 e. The summed E-state index contributed by atoms with van der Waals surface area (Å²) in [5.74, 6) is 0.587. The number of para-hydroxylation sites is 1. The number of pyridine rings is 1. The van der Waals surface area contributed by atoms with E-state index in [-0.39, 0.29) is 17.7 Å². The molecule has 0 radical (unpaired) electrons. The Balaban J connectivity index is 1.39. The quantitative estimate of drug-likeness (QED) is 0.521. The Morgan fingerprint density at radius 3 is 2.28 bits per heavy atom. The number of fused-ring (bicyclic) bond motifs is 1. The van der Waals surface area contributed by atoms with Crippen molar-refractivity contribution in [2.45, 2.75) is 26.4 Å². The molecule has 8 heteroatoms. The molecule has 2 heterocycles. The van der Waals surface area contributed by atoms with Crippen LogP contribution < -0.4 is 14.8 Å². The molecule has 1 aromatic heterocycles. The zero-order valence-corrected chi connectivity index (χ0v) is 21.4. The molecule has 1 saturated heterocycles. The van der Waals surface area contributed by atoms with E-state index in [4.69, 9.17) is 9.47 Å². The number of rotatable bonds is 8. The van der Waals surface area contributed by atoms with Crippen molar-refractivity contribution in [3.05, 3.63) is 65.9 Å². The molecule has 0 spiro atoms. The Morgan fingerprint density at radius 2 is 1.64 bits per heavy atom. The fourth-order valence-electron chi connectivity index (χ4n) is 4.54. The predicted molar refractivity (Wildman–Crippen MR) is 139 cm³/mol. The molecule has 2 aromatic carbocycles. The van der Waals surface area contributed by atoms with Gasteiger partial charge < -0.3 is 19.7 Å². The van der Waals surface area contributed by atoms with Crippen molar-refractivity contribution in [1.82, 2.24) is 20.1 Å². The lowest BCUT2D eigenvalue weighted by molar-refractivity contribution is -0.136. The first-order valence-electron chi connectivity index (χ1n) is 12.3. The third-order valence-electron chi connectivity index (χ3n) is 6.63. The Morgan fingerprint density at radius 1 is 0.972 bits per heavy atom. The molecule has 1 atom stereocenters. The van der Waals surface area contributed by atoms with Crippen molar-refractivity contribution < 1.29 is 19.1 Å². The number of nitrogens with one attached hydrogen (secondary N) is 1. The molecule has 1 aliphatic rings. The standard InChI is InChI=1S/C28H34N4O4/c1-19(2)25(30-27(33)22-15-23(35-3)17-24(16-22)36-4)28(34)32-13-11-31(12-14-32)18-21-8-5-7-20-9-6-10-29-26(20)21/h5-10,15-17,19,25H,11-14,18H2,1-4H3,(H,30,33). The van der Waals surface area contributed by atoms with E-state index < -0.39 is 6.04 Å². The SMILES string of the molecule is COc1cc(OC)cc(C(=O)NC(C(=O)N2CCN(Cc3cccc4cccnc34)CC2)C(C)C)c1. The maximum absolute atomic E-state index is 13.4. The van der Waals surface area contributed by atoms with Crippen molar-refractivity contribution in [3.8, 4) is 11.5 Å². The number of carbonyl (C=O) groups excluding carboxylic acids is 2. The molecule has 2 amide bonds. The van der Waals surface area contributed by atoms with E-state index in [0.29, 0.717) is 30.2 Å². The summed E-state index contributed by atoms with van der Waals surface area (Å²) in [6.45, 7) is 7.43. The summed E-state index contributed by atoms with van der Waals surface area (Å²) in [5, 5.41) is 4.07. The molecule has 190 valence electrons. The van der Waals surface area contributed by atoms with E-state index in [1.807, 2.05) is 31.0 Å². The highest BCUT2D eigenvalue weighted by molar-refractivity contribution is 5.98. The number of piperazine rings is 1. The third-order valence-corrected chi connectivity index (χ3v) is 6.63. The van der Waals surface area contributed by atoms with Crippen molar-refractivity contribution in [2.24, 2.45) is 5.92 Å². The first kappa shape index (κ1) is 25.4. The van der Waals surface area contributed by atoms with Crippen LogP contribution in [0.25, 0.3) is 10.9 Å². The maximum atomic E-state index is 13.4. The Kier molecular flexibility index (Phi) is 8.05. The number of methoxy groups -OCH3 is 2. The number of hydrogen-bond acceptors (Lipinski definition) is 6. The number of carbonyl (C=O) groups is 2. The van der Waals surface area contributed by atoms with Crippen LogP contribution in [0.5, 0.6) is 11.5 Å². The van der Waals surface area contributed by atoms with Crippen LogP contribution in [0.4, 0.5) is 0 Å². The zero-order chi connectivity index (χ0) is 25.7. The van der Waals surface area contributed by atoms with Gasteiger partial charge in [0.25, 0.3) is 5.91 Å². The molecule has 0 aliphatic carbocycles. The average Bonchev–Trinajstić information content (AvgIpc) is 2.91. The summed E-state index contributed by atoms with van der Waals surface area (Å²) in [5.41, 5.74) is 2.60. The molecule has 0 bridgehead atoms. The minimum absolute atomic E-state index is 0.0558. The van der Waals surface area contributed by atoms with Gasteiger partial charge >= 0.3 is 0 Å². The first-order valence-corrected chi connectivity index (χ1v) is 12.3. The largest absolute Gasteiger partial charge is 0.497 e. The maximum Gasteiger partial charge on any atom is 0.252 e. The van der Waals surface area contributed by atoms with Crippen LogP contribution in [0, 0.1) is 5.92 Å². The number of benzene rings is 2. The van der Waals surface area contributed by atoms with E-state index in [1.54, 1.807) is 18.2 Å². The second-order valence-corrected chi connectivity index (χ2v) is 9.39. The highest BCUT2D eigenvalue weighted by Crippen LogP contribution is 2.23. The van der Waals surface area contributed by atoms with Crippen LogP contribution in [0.3, 0.4) is 0 Å². The second kappa shape index (κ2) is 11.4. The van der Waals surface area contributed by atoms with Gasteiger partial charge in [-0.2, -0.15) is 0 Å². The van der Waals surface area contributed by atoms with Gasteiger partial charge in [-0.3, -0.25) is 19.5 Å². The normalized spacial score (nSPS) is 15.1. The van der Waals surface area contributed by atoms with Crippen LogP contribution >= 0.6 is 0 Å². The predicted octanol–water partition coefficient (Wildman–Crippen LogP) is 3.35. The van der Waals surface area contributed by atoms with Crippen LogP contribution in [0.15, 0.2) is 54.7 Å². The summed E-state index contributed by atoms with van der Waals surface area (Å²) in [4.78, 5) is 35.2. The van der Waals surface area contributed by atoms with Gasteiger partial charge in [0.2, 0.25) is 5.91 Å². The topological polar surface area (TPSA) is 84.0 Å². The summed E-state index contributed by atoms with van der Waals surface area (Å²) < 4.78 is 10.6. The van der Waals surface area contributed by atoms with Gasteiger partial charge in [-0.25, -0.2) is 0 Å². The Labute approximate surface area is 212 Å². The van der Waals surface area contributed by atoms with Gasteiger partial charge in [0.05, 0.1) is 19.7 Å². The number of hydrogen-bond donors (Lipinski definition) is 1. The van der Waals surface area contributed by atoms with Gasteiger partial charge in [0.15, 0.2) is 0 Å².